The third-order valence-electron chi connectivity index (χ3n) is 5.37. The fraction of sp³-hybridized carbons (Fsp3) is 0.364. The highest BCUT2D eigenvalue weighted by atomic mass is 32.1. The molecule has 0 fully saturated rings. The number of amides is 2. The largest absolute Gasteiger partial charge is 0.461 e. The molecule has 3 aromatic rings. The summed E-state index contributed by atoms with van der Waals surface area (Å²) in [4.78, 5) is 27.7. The van der Waals surface area contributed by atoms with E-state index in [0.29, 0.717) is 17.1 Å². The van der Waals surface area contributed by atoms with Gasteiger partial charge in [0, 0.05) is 28.8 Å². The number of anilines is 1. The first-order valence-electron chi connectivity index (χ1n) is 9.90. The van der Waals surface area contributed by atoms with E-state index in [2.05, 4.69) is 12.2 Å². The van der Waals surface area contributed by atoms with Crippen LogP contribution in [-0.4, -0.2) is 30.3 Å². The van der Waals surface area contributed by atoms with Crippen LogP contribution in [0.4, 0.5) is 5.00 Å². The van der Waals surface area contributed by atoms with Crippen LogP contribution in [0, 0.1) is 0 Å². The summed E-state index contributed by atoms with van der Waals surface area (Å²) < 4.78 is 5.95. The van der Waals surface area contributed by atoms with Gasteiger partial charge in [-0.3, -0.25) is 14.5 Å². The van der Waals surface area contributed by atoms with Crippen molar-refractivity contribution in [3.63, 3.8) is 0 Å². The predicted octanol–water partition coefficient (Wildman–Crippen LogP) is 3.71. The van der Waals surface area contributed by atoms with E-state index in [-0.39, 0.29) is 12.5 Å². The Labute approximate surface area is 173 Å². The van der Waals surface area contributed by atoms with Gasteiger partial charge in [-0.15, -0.1) is 11.3 Å². The van der Waals surface area contributed by atoms with E-state index in [4.69, 9.17) is 10.2 Å². The molecule has 4 rings (SSSR count). The van der Waals surface area contributed by atoms with Gasteiger partial charge in [0.25, 0.3) is 5.91 Å². The summed E-state index contributed by atoms with van der Waals surface area (Å²) in [6.45, 7) is 2.88. The summed E-state index contributed by atoms with van der Waals surface area (Å²) >= 11 is 1.48. The molecule has 0 spiro atoms. The smallest absolute Gasteiger partial charge is 0.251 e. The Bertz CT molecular complexity index is 1080. The molecule has 0 saturated heterocycles. The number of nitrogens with zero attached hydrogens (tertiary/aromatic N) is 1. The van der Waals surface area contributed by atoms with Crippen molar-refractivity contribution in [2.45, 2.75) is 39.2 Å². The monoisotopic (exact) mass is 411 g/mol. The zero-order valence-corrected chi connectivity index (χ0v) is 17.5. The SMILES string of the molecule is CCc1oc2ccccc2c1CN(C)CC(=O)Nc1sc2c(c1C(N)=O)CCC2. The van der Waals surface area contributed by atoms with Crippen LogP contribution in [0.2, 0.25) is 0 Å². The number of nitrogens with one attached hydrogen (secondary N) is 1. The molecule has 152 valence electrons. The number of carbonyl (C=O) groups is 2. The molecule has 2 heterocycles. The third kappa shape index (κ3) is 3.80. The molecule has 0 atom stereocenters. The molecule has 0 saturated carbocycles. The van der Waals surface area contributed by atoms with E-state index < -0.39 is 5.91 Å². The Kier molecular flexibility index (Phi) is 5.43. The lowest BCUT2D eigenvalue weighted by Gasteiger charge is -2.16. The minimum Gasteiger partial charge on any atom is -0.461 e. The Morgan fingerprint density at radius 3 is 2.83 bits per heavy atom. The number of nitrogens with two attached hydrogens (primary N) is 1. The first-order valence-corrected chi connectivity index (χ1v) is 10.7. The zero-order chi connectivity index (χ0) is 20.5. The highest BCUT2D eigenvalue weighted by Gasteiger charge is 2.26. The summed E-state index contributed by atoms with van der Waals surface area (Å²) in [5, 5.41) is 4.58. The number of hydrogen-bond acceptors (Lipinski definition) is 5. The lowest BCUT2D eigenvalue weighted by atomic mass is 10.1. The van der Waals surface area contributed by atoms with Crippen LogP contribution in [0.15, 0.2) is 28.7 Å². The van der Waals surface area contributed by atoms with Gasteiger partial charge in [-0.1, -0.05) is 25.1 Å². The first kappa shape index (κ1) is 19.7. The maximum atomic E-state index is 12.6. The number of fused-ring (bicyclic) bond motifs is 2. The second kappa shape index (κ2) is 8.00. The van der Waals surface area contributed by atoms with Gasteiger partial charge < -0.3 is 15.5 Å². The number of para-hydroxylation sites is 1. The average molecular weight is 412 g/mol. The molecule has 2 aromatic heterocycles. The van der Waals surface area contributed by atoms with Crippen molar-refractivity contribution in [2.24, 2.45) is 5.73 Å². The number of thiophene rings is 1. The van der Waals surface area contributed by atoms with Crippen LogP contribution < -0.4 is 11.1 Å². The van der Waals surface area contributed by atoms with Gasteiger partial charge in [0.2, 0.25) is 5.91 Å². The van der Waals surface area contributed by atoms with E-state index in [0.717, 1.165) is 53.5 Å². The lowest BCUT2D eigenvalue weighted by molar-refractivity contribution is -0.117. The van der Waals surface area contributed by atoms with Gasteiger partial charge in [-0.2, -0.15) is 0 Å². The summed E-state index contributed by atoms with van der Waals surface area (Å²) in [6.07, 6.45) is 3.64. The molecule has 6 nitrogen and oxygen atoms in total. The van der Waals surface area contributed by atoms with Crippen molar-refractivity contribution in [1.82, 2.24) is 4.90 Å². The van der Waals surface area contributed by atoms with Gasteiger partial charge in [-0.05, 0) is 37.9 Å². The number of aryl methyl sites for hydroxylation is 2. The van der Waals surface area contributed by atoms with E-state index in [9.17, 15) is 9.59 Å². The van der Waals surface area contributed by atoms with E-state index in [1.54, 1.807) is 0 Å². The highest BCUT2D eigenvalue weighted by molar-refractivity contribution is 7.17. The van der Waals surface area contributed by atoms with Gasteiger partial charge in [-0.25, -0.2) is 0 Å². The summed E-state index contributed by atoms with van der Waals surface area (Å²) in [5.41, 5.74) is 9.08. The Hall–Kier alpha value is -2.64. The Balaban J connectivity index is 1.47. The quantitative estimate of drug-likeness (QED) is 0.620. The fourth-order valence-electron chi connectivity index (χ4n) is 4.10. The summed E-state index contributed by atoms with van der Waals surface area (Å²) in [5.74, 6) is 0.329. The molecule has 0 bridgehead atoms. The number of furan rings is 1. The molecule has 1 aromatic carbocycles. The molecule has 0 radical (unpaired) electrons. The highest BCUT2D eigenvalue weighted by Crippen LogP contribution is 2.38. The first-order chi connectivity index (χ1) is 14.0. The number of rotatable bonds is 7. The normalized spacial score (nSPS) is 13.2. The standard InChI is InChI=1S/C22H25N3O3S/c1-3-16-15(13-7-4-5-9-17(13)28-16)11-25(2)12-19(26)24-22-20(21(23)27)14-8-6-10-18(14)29-22/h4-5,7,9H,3,6,8,10-12H2,1-2H3,(H2,23,27)(H,24,26). The topological polar surface area (TPSA) is 88.6 Å². The molecule has 1 aliphatic rings. The van der Waals surface area contributed by atoms with Crippen LogP contribution in [0.3, 0.4) is 0 Å². The molecule has 7 heteroatoms. The lowest BCUT2D eigenvalue weighted by Crippen LogP contribution is -2.30. The van der Waals surface area contributed by atoms with Crippen LogP contribution in [0.5, 0.6) is 0 Å². The molecule has 1 aliphatic carbocycles. The number of likely N-dealkylation sites (N-methyl/N-ethyl adjacent to an activating group) is 1. The molecule has 0 aliphatic heterocycles. The molecule has 0 unspecified atom stereocenters. The number of benzene rings is 1. The molecular formula is C22H25N3O3S. The Morgan fingerprint density at radius 1 is 1.28 bits per heavy atom. The van der Waals surface area contributed by atoms with Crippen molar-refractivity contribution in [2.75, 3.05) is 18.9 Å². The molecule has 3 N–H and O–H groups in total. The van der Waals surface area contributed by atoms with Crippen molar-refractivity contribution >= 4 is 39.1 Å². The molecular weight excluding hydrogens is 386 g/mol. The van der Waals surface area contributed by atoms with E-state index in [1.807, 2.05) is 36.2 Å². The van der Waals surface area contributed by atoms with Crippen molar-refractivity contribution in [3.8, 4) is 0 Å². The van der Waals surface area contributed by atoms with Gasteiger partial charge in [0.05, 0.1) is 12.1 Å². The van der Waals surface area contributed by atoms with Crippen molar-refractivity contribution in [3.05, 3.63) is 51.6 Å². The van der Waals surface area contributed by atoms with Crippen molar-refractivity contribution < 1.29 is 14.0 Å². The maximum absolute atomic E-state index is 12.6. The molecule has 29 heavy (non-hydrogen) atoms. The van der Waals surface area contributed by atoms with E-state index >= 15 is 0 Å². The number of carbonyl (C=O) groups excluding carboxylic acids is 2. The maximum Gasteiger partial charge on any atom is 0.251 e. The zero-order valence-electron chi connectivity index (χ0n) is 16.7. The third-order valence-corrected chi connectivity index (χ3v) is 6.57. The van der Waals surface area contributed by atoms with Crippen LogP contribution >= 0.6 is 11.3 Å². The molecule has 2 amide bonds. The minimum absolute atomic E-state index is 0.152. The van der Waals surface area contributed by atoms with Crippen LogP contribution in [0.1, 0.15) is 45.5 Å². The predicted molar refractivity (Wildman–Crippen MR) is 115 cm³/mol. The van der Waals surface area contributed by atoms with Crippen LogP contribution in [0.25, 0.3) is 11.0 Å². The Morgan fingerprint density at radius 2 is 2.07 bits per heavy atom. The minimum atomic E-state index is -0.467. The second-order valence-corrected chi connectivity index (χ2v) is 8.60. The van der Waals surface area contributed by atoms with Gasteiger partial charge >= 0.3 is 0 Å². The summed E-state index contributed by atoms with van der Waals surface area (Å²) in [7, 11) is 1.91. The average Bonchev–Trinajstić information content (AvgIpc) is 3.34. The second-order valence-electron chi connectivity index (χ2n) is 7.50. The van der Waals surface area contributed by atoms with Crippen molar-refractivity contribution in [1.29, 1.82) is 0 Å². The summed E-state index contributed by atoms with van der Waals surface area (Å²) in [6, 6.07) is 7.97. The van der Waals surface area contributed by atoms with E-state index in [1.165, 1.54) is 16.2 Å². The van der Waals surface area contributed by atoms with Crippen LogP contribution in [-0.2, 0) is 30.6 Å². The van der Waals surface area contributed by atoms with Gasteiger partial charge in [0.1, 0.15) is 16.3 Å². The van der Waals surface area contributed by atoms with Gasteiger partial charge in [0.15, 0.2) is 0 Å². The fourth-order valence-corrected chi connectivity index (χ4v) is 5.41. The number of primary amides is 1. The number of hydrogen-bond donors (Lipinski definition) is 2.